The molecule has 0 fully saturated rings. The fraction of sp³-hybridized carbons (Fsp3) is 0.250. The lowest BCUT2D eigenvalue weighted by molar-refractivity contribution is 0.643. The summed E-state index contributed by atoms with van der Waals surface area (Å²) in [6.07, 6.45) is 1.61. The second-order valence-electron chi connectivity index (χ2n) is 2.77. The van der Waals surface area contributed by atoms with E-state index in [2.05, 4.69) is 25.9 Å². The summed E-state index contributed by atoms with van der Waals surface area (Å²) >= 11 is 14.9. The van der Waals surface area contributed by atoms with Crippen LogP contribution < -0.4 is 0 Å². The molecule has 6 heteroatoms. The molecule has 0 N–H and O–H groups in total. The van der Waals surface area contributed by atoms with Crippen LogP contribution in [0.3, 0.4) is 0 Å². The second-order valence-corrected chi connectivity index (χ2v) is 4.39. The Balaban J connectivity index is 3.04. The largest absolute Gasteiger partial charge is 0.369 e. The maximum Gasteiger partial charge on any atom is 0.173 e. The average molecular weight is 297 g/mol. The van der Waals surface area contributed by atoms with Gasteiger partial charge in [0.25, 0.3) is 0 Å². The average Bonchev–Trinajstić information content (AvgIpc) is 2.09. The third-order valence-electron chi connectivity index (χ3n) is 1.28. The first kappa shape index (κ1) is 11.8. The van der Waals surface area contributed by atoms with E-state index in [1.807, 2.05) is 14.1 Å². The maximum absolute atomic E-state index is 5.90. The number of halogens is 3. The number of pyridine rings is 1. The highest BCUT2D eigenvalue weighted by Gasteiger charge is 2.05. The van der Waals surface area contributed by atoms with E-state index in [0.717, 1.165) is 0 Å². The number of hydrogen-bond acceptors (Lipinski definition) is 2. The molecular formula is C8H8BrCl2N3. The molecule has 0 amide bonds. The van der Waals surface area contributed by atoms with Gasteiger partial charge < -0.3 is 4.90 Å². The van der Waals surface area contributed by atoms with Crippen molar-refractivity contribution >= 4 is 51.3 Å². The minimum atomic E-state index is 0.348. The van der Waals surface area contributed by atoms with Crippen LogP contribution in [0.2, 0.25) is 10.2 Å². The minimum absolute atomic E-state index is 0.348. The van der Waals surface area contributed by atoms with Gasteiger partial charge in [0, 0.05) is 14.1 Å². The first-order valence-corrected chi connectivity index (χ1v) is 5.27. The van der Waals surface area contributed by atoms with Crippen LogP contribution >= 0.6 is 39.1 Å². The Labute approximate surface area is 101 Å². The molecule has 14 heavy (non-hydrogen) atoms. The predicted octanol–water partition coefficient (Wildman–Crippen LogP) is 3.37. The molecule has 1 heterocycles. The zero-order valence-corrected chi connectivity index (χ0v) is 10.7. The number of aromatic nitrogens is 1. The molecule has 1 aromatic rings. The molecule has 0 bridgehead atoms. The van der Waals surface area contributed by atoms with Crippen molar-refractivity contribution in [3.8, 4) is 0 Å². The van der Waals surface area contributed by atoms with Crippen LogP contribution in [0.15, 0.2) is 15.5 Å². The normalized spacial score (nSPS) is 10.9. The zero-order valence-electron chi connectivity index (χ0n) is 7.63. The fourth-order valence-electron chi connectivity index (χ4n) is 0.696. The summed E-state index contributed by atoms with van der Waals surface area (Å²) in [5, 5.41) is 0.805. The highest BCUT2D eigenvalue weighted by Crippen LogP contribution is 2.30. The van der Waals surface area contributed by atoms with E-state index >= 15 is 0 Å². The van der Waals surface area contributed by atoms with Crippen LogP contribution in [-0.2, 0) is 0 Å². The van der Waals surface area contributed by atoms with Gasteiger partial charge in [0.15, 0.2) is 5.82 Å². The monoisotopic (exact) mass is 295 g/mol. The Hall–Kier alpha value is -0.320. The lowest BCUT2D eigenvalue weighted by Gasteiger charge is -2.03. The van der Waals surface area contributed by atoms with Crippen LogP contribution in [0.5, 0.6) is 0 Å². The standard InChI is InChI=1S/C8H8BrCl2N3/c1-14(2)4-12-8-6(10)3-5(9)7(11)13-8/h3-4H,1-2H3/b12-4-. The lowest BCUT2D eigenvalue weighted by atomic mass is 10.5. The minimum Gasteiger partial charge on any atom is -0.369 e. The Morgan fingerprint density at radius 3 is 2.71 bits per heavy atom. The molecule has 76 valence electrons. The SMILES string of the molecule is CN(C)/C=N\c1nc(Cl)c(Br)cc1Cl. The molecule has 0 aromatic carbocycles. The number of nitrogens with zero attached hydrogens (tertiary/aromatic N) is 3. The van der Waals surface area contributed by atoms with E-state index in [1.54, 1.807) is 17.3 Å². The summed E-state index contributed by atoms with van der Waals surface area (Å²) in [7, 11) is 3.72. The van der Waals surface area contributed by atoms with Gasteiger partial charge in [-0.1, -0.05) is 23.2 Å². The molecule has 0 saturated carbocycles. The Morgan fingerprint density at radius 2 is 2.14 bits per heavy atom. The van der Waals surface area contributed by atoms with Crippen molar-refractivity contribution in [1.29, 1.82) is 0 Å². The molecule has 1 rings (SSSR count). The van der Waals surface area contributed by atoms with Crippen LogP contribution in [0.25, 0.3) is 0 Å². The molecule has 0 aliphatic heterocycles. The summed E-state index contributed by atoms with van der Waals surface area (Å²) in [6, 6.07) is 1.67. The van der Waals surface area contributed by atoms with Crippen molar-refractivity contribution in [2.75, 3.05) is 14.1 Å². The molecule has 0 aliphatic rings. The topological polar surface area (TPSA) is 28.5 Å². The molecule has 0 unspecified atom stereocenters. The van der Waals surface area contributed by atoms with Gasteiger partial charge in [0.2, 0.25) is 0 Å². The fourth-order valence-corrected chi connectivity index (χ4v) is 1.48. The third kappa shape index (κ3) is 3.12. The molecule has 0 spiro atoms. The van der Waals surface area contributed by atoms with Crippen LogP contribution in [-0.4, -0.2) is 30.3 Å². The number of hydrogen-bond donors (Lipinski definition) is 0. The maximum atomic E-state index is 5.90. The molecule has 1 aromatic heterocycles. The lowest BCUT2D eigenvalue weighted by Crippen LogP contribution is -2.07. The van der Waals surface area contributed by atoms with Crippen molar-refractivity contribution in [3.05, 3.63) is 20.7 Å². The first-order chi connectivity index (χ1) is 6.50. The number of aliphatic imine (C=N–C) groups is 1. The van der Waals surface area contributed by atoms with Crippen LogP contribution in [0, 0.1) is 0 Å². The van der Waals surface area contributed by atoms with E-state index in [-0.39, 0.29) is 0 Å². The Morgan fingerprint density at radius 1 is 1.50 bits per heavy atom. The van der Waals surface area contributed by atoms with Gasteiger partial charge in [-0.2, -0.15) is 0 Å². The summed E-state index contributed by atoms with van der Waals surface area (Å²) in [5.41, 5.74) is 0. The van der Waals surface area contributed by atoms with Crippen LogP contribution in [0.4, 0.5) is 5.82 Å². The van der Waals surface area contributed by atoms with Crippen molar-refractivity contribution in [2.45, 2.75) is 0 Å². The summed E-state index contributed by atoms with van der Waals surface area (Å²) in [4.78, 5) is 9.85. The Bertz CT molecular complexity index is 366. The molecule has 0 atom stereocenters. The zero-order chi connectivity index (χ0) is 10.7. The smallest absolute Gasteiger partial charge is 0.173 e. The van der Waals surface area contributed by atoms with Gasteiger partial charge >= 0.3 is 0 Å². The predicted molar refractivity (Wildman–Crippen MR) is 63.8 cm³/mol. The summed E-state index contributed by atoms with van der Waals surface area (Å²) < 4.78 is 0.660. The van der Waals surface area contributed by atoms with Gasteiger partial charge in [-0.05, 0) is 22.0 Å². The molecule has 3 nitrogen and oxygen atoms in total. The Kier molecular flexibility index (Phi) is 4.16. The van der Waals surface area contributed by atoms with Crippen molar-refractivity contribution in [2.24, 2.45) is 4.99 Å². The van der Waals surface area contributed by atoms with E-state index in [0.29, 0.717) is 20.5 Å². The van der Waals surface area contributed by atoms with E-state index < -0.39 is 0 Å². The van der Waals surface area contributed by atoms with Gasteiger partial charge in [-0.3, -0.25) is 0 Å². The third-order valence-corrected chi connectivity index (χ3v) is 2.68. The van der Waals surface area contributed by atoms with Gasteiger partial charge in [-0.15, -0.1) is 0 Å². The van der Waals surface area contributed by atoms with E-state index in [1.165, 1.54) is 0 Å². The van der Waals surface area contributed by atoms with Crippen LogP contribution in [0.1, 0.15) is 0 Å². The summed E-state index contributed by atoms with van der Waals surface area (Å²) in [5.74, 6) is 0.411. The highest BCUT2D eigenvalue weighted by molar-refractivity contribution is 9.10. The molecule has 0 saturated heterocycles. The van der Waals surface area contributed by atoms with Crippen molar-refractivity contribution < 1.29 is 0 Å². The second kappa shape index (κ2) is 4.96. The highest BCUT2D eigenvalue weighted by atomic mass is 79.9. The quantitative estimate of drug-likeness (QED) is 0.475. The van der Waals surface area contributed by atoms with Gasteiger partial charge in [-0.25, -0.2) is 9.98 Å². The van der Waals surface area contributed by atoms with Crippen molar-refractivity contribution in [1.82, 2.24) is 9.88 Å². The number of rotatable bonds is 2. The van der Waals surface area contributed by atoms with Gasteiger partial charge in [0.05, 0.1) is 15.8 Å². The van der Waals surface area contributed by atoms with E-state index in [9.17, 15) is 0 Å². The first-order valence-electron chi connectivity index (χ1n) is 3.73. The van der Waals surface area contributed by atoms with Gasteiger partial charge in [0.1, 0.15) is 5.15 Å². The molecular weight excluding hydrogens is 289 g/mol. The van der Waals surface area contributed by atoms with Crippen molar-refractivity contribution in [3.63, 3.8) is 0 Å². The molecule has 0 radical (unpaired) electrons. The van der Waals surface area contributed by atoms with E-state index in [4.69, 9.17) is 23.2 Å². The molecule has 0 aliphatic carbocycles. The summed E-state index contributed by atoms with van der Waals surface area (Å²) in [6.45, 7) is 0.